The summed E-state index contributed by atoms with van der Waals surface area (Å²) in [7, 11) is 0. The van der Waals surface area contributed by atoms with E-state index >= 15 is 0 Å². The Bertz CT molecular complexity index is 647. The molecule has 4 atom stereocenters. The van der Waals surface area contributed by atoms with E-state index in [1.807, 2.05) is 24.3 Å². The molecule has 1 heterocycles. The minimum atomic E-state index is -0.568. The molecule has 0 radical (unpaired) electrons. The third kappa shape index (κ3) is 3.04. The molecule has 3 aliphatic rings. The number of allylic oxidation sites excluding steroid dienone is 2. The van der Waals surface area contributed by atoms with Crippen LogP contribution in [0.1, 0.15) is 50.0 Å². The normalized spacial score (nSPS) is 33.1. The molecule has 3 fully saturated rings. The first-order valence-electron chi connectivity index (χ1n) is 9.31. The summed E-state index contributed by atoms with van der Waals surface area (Å²) in [6.45, 7) is 0. The van der Waals surface area contributed by atoms with Crippen LogP contribution in [0, 0.1) is 17.8 Å². The molecule has 2 aliphatic carbocycles. The molecule has 2 saturated carbocycles. The van der Waals surface area contributed by atoms with Crippen LogP contribution in [0.15, 0.2) is 42.5 Å². The number of amides is 1. The van der Waals surface area contributed by atoms with Crippen molar-refractivity contribution in [2.75, 3.05) is 0 Å². The first-order valence-corrected chi connectivity index (χ1v) is 9.31. The van der Waals surface area contributed by atoms with Crippen LogP contribution in [-0.4, -0.2) is 17.7 Å². The Balaban J connectivity index is 1.67. The SMILES string of the molecule is O=C(/C=C/C1CC1)C1C(=O)NC2CCCCC2C1c1ccccc1. The van der Waals surface area contributed by atoms with Gasteiger partial charge in [-0.25, -0.2) is 0 Å². The quantitative estimate of drug-likeness (QED) is 0.679. The van der Waals surface area contributed by atoms with Gasteiger partial charge in [0.1, 0.15) is 5.92 Å². The predicted octanol–water partition coefficient (Wildman–Crippen LogP) is 3.61. The highest BCUT2D eigenvalue weighted by Crippen LogP contribution is 2.44. The largest absolute Gasteiger partial charge is 0.352 e. The summed E-state index contributed by atoms with van der Waals surface area (Å²) < 4.78 is 0. The van der Waals surface area contributed by atoms with Gasteiger partial charge in [0, 0.05) is 12.0 Å². The fourth-order valence-electron chi connectivity index (χ4n) is 4.50. The van der Waals surface area contributed by atoms with Crippen LogP contribution in [0.25, 0.3) is 0 Å². The number of fused-ring (bicyclic) bond motifs is 1. The van der Waals surface area contributed by atoms with Gasteiger partial charge in [-0.15, -0.1) is 0 Å². The number of benzene rings is 1. The van der Waals surface area contributed by atoms with Crippen LogP contribution in [0.3, 0.4) is 0 Å². The number of nitrogens with one attached hydrogen (secondary N) is 1. The summed E-state index contributed by atoms with van der Waals surface area (Å²) in [4.78, 5) is 25.6. The van der Waals surface area contributed by atoms with Gasteiger partial charge in [0.05, 0.1) is 0 Å². The zero-order valence-electron chi connectivity index (χ0n) is 14.0. The van der Waals surface area contributed by atoms with Crippen LogP contribution < -0.4 is 5.32 Å². The first kappa shape index (κ1) is 15.6. The maximum atomic E-state index is 12.9. The molecule has 1 saturated heterocycles. The number of carbonyl (C=O) groups excluding carboxylic acids is 2. The molecule has 3 heteroatoms. The molecule has 0 aromatic heterocycles. The third-order valence-corrected chi connectivity index (χ3v) is 5.90. The first-order chi connectivity index (χ1) is 11.7. The fourth-order valence-corrected chi connectivity index (χ4v) is 4.50. The molecule has 3 nitrogen and oxygen atoms in total. The molecule has 1 N–H and O–H groups in total. The van der Waals surface area contributed by atoms with E-state index in [0.717, 1.165) is 18.4 Å². The summed E-state index contributed by atoms with van der Waals surface area (Å²) in [5.74, 6) is 0.290. The van der Waals surface area contributed by atoms with E-state index in [-0.39, 0.29) is 23.7 Å². The van der Waals surface area contributed by atoms with E-state index in [9.17, 15) is 9.59 Å². The summed E-state index contributed by atoms with van der Waals surface area (Å²) in [5.41, 5.74) is 1.14. The molecule has 0 spiro atoms. The van der Waals surface area contributed by atoms with Crippen molar-refractivity contribution in [2.24, 2.45) is 17.8 Å². The summed E-state index contributed by atoms with van der Waals surface area (Å²) in [6.07, 6.45) is 10.5. The van der Waals surface area contributed by atoms with Gasteiger partial charge >= 0.3 is 0 Å². The minimum Gasteiger partial charge on any atom is -0.352 e. The van der Waals surface area contributed by atoms with Gasteiger partial charge in [0.2, 0.25) is 5.91 Å². The molecule has 1 amide bonds. The molecule has 1 aromatic rings. The molecule has 1 aliphatic heterocycles. The number of carbonyl (C=O) groups is 2. The van der Waals surface area contributed by atoms with Crippen molar-refractivity contribution in [1.29, 1.82) is 0 Å². The molecule has 0 bridgehead atoms. The lowest BCUT2D eigenvalue weighted by atomic mass is 9.64. The van der Waals surface area contributed by atoms with Crippen molar-refractivity contribution in [2.45, 2.75) is 50.5 Å². The Hall–Kier alpha value is -1.90. The second-order valence-corrected chi connectivity index (χ2v) is 7.58. The van der Waals surface area contributed by atoms with E-state index < -0.39 is 5.92 Å². The van der Waals surface area contributed by atoms with Crippen molar-refractivity contribution in [3.05, 3.63) is 48.0 Å². The minimum absolute atomic E-state index is 0.0154. The number of hydrogen-bond donors (Lipinski definition) is 1. The predicted molar refractivity (Wildman–Crippen MR) is 93.4 cm³/mol. The molecule has 24 heavy (non-hydrogen) atoms. The van der Waals surface area contributed by atoms with Crippen LogP contribution >= 0.6 is 0 Å². The van der Waals surface area contributed by atoms with Crippen LogP contribution in [0.5, 0.6) is 0 Å². The summed E-state index contributed by atoms with van der Waals surface area (Å²) >= 11 is 0. The molecular formula is C21H25NO2. The van der Waals surface area contributed by atoms with Crippen molar-refractivity contribution >= 4 is 11.7 Å². The second-order valence-electron chi connectivity index (χ2n) is 7.58. The van der Waals surface area contributed by atoms with Gasteiger partial charge in [-0.1, -0.05) is 49.2 Å². The van der Waals surface area contributed by atoms with E-state index in [4.69, 9.17) is 0 Å². The molecule has 4 rings (SSSR count). The topological polar surface area (TPSA) is 46.2 Å². The Kier molecular flexibility index (Phi) is 4.26. The van der Waals surface area contributed by atoms with Crippen molar-refractivity contribution < 1.29 is 9.59 Å². The molecule has 126 valence electrons. The van der Waals surface area contributed by atoms with Gasteiger partial charge in [-0.05, 0) is 49.2 Å². The lowest BCUT2D eigenvalue weighted by Crippen LogP contribution is -2.56. The highest BCUT2D eigenvalue weighted by molar-refractivity contribution is 6.08. The highest BCUT2D eigenvalue weighted by Gasteiger charge is 2.47. The Morgan fingerprint density at radius 1 is 1.04 bits per heavy atom. The average molecular weight is 323 g/mol. The van der Waals surface area contributed by atoms with Gasteiger partial charge in [-0.3, -0.25) is 9.59 Å². The van der Waals surface area contributed by atoms with Gasteiger partial charge in [0.25, 0.3) is 0 Å². The lowest BCUT2D eigenvalue weighted by Gasteiger charge is -2.45. The fraction of sp³-hybridized carbons (Fsp3) is 0.524. The monoisotopic (exact) mass is 323 g/mol. The standard InChI is InChI=1S/C21H25NO2/c23-18(13-12-14-10-11-14)20-19(15-6-2-1-3-7-15)16-8-4-5-9-17(16)22-21(20)24/h1-3,6-7,12-14,16-17,19-20H,4-5,8-11H2,(H,22,24)/b13-12+. The zero-order valence-corrected chi connectivity index (χ0v) is 14.0. The average Bonchev–Trinajstić information content (AvgIpc) is 3.43. The van der Waals surface area contributed by atoms with Crippen LogP contribution in [0.2, 0.25) is 0 Å². The number of ketones is 1. The summed E-state index contributed by atoms with van der Waals surface area (Å²) in [6, 6.07) is 10.4. The second kappa shape index (κ2) is 6.54. The summed E-state index contributed by atoms with van der Waals surface area (Å²) in [5, 5.41) is 3.16. The maximum Gasteiger partial charge on any atom is 0.231 e. The third-order valence-electron chi connectivity index (χ3n) is 5.90. The van der Waals surface area contributed by atoms with E-state index in [1.165, 1.54) is 25.7 Å². The van der Waals surface area contributed by atoms with Crippen LogP contribution in [0.4, 0.5) is 0 Å². The highest BCUT2D eigenvalue weighted by atomic mass is 16.2. The maximum absolute atomic E-state index is 12.9. The number of hydrogen-bond acceptors (Lipinski definition) is 2. The van der Waals surface area contributed by atoms with Crippen molar-refractivity contribution in [3.8, 4) is 0 Å². The molecule has 1 aromatic carbocycles. The van der Waals surface area contributed by atoms with E-state index in [2.05, 4.69) is 17.4 Å². The van der Waals surface area contributed by atoms with Gasteiger partial charge < -0.3 is 5.32 Å². The van der Waals surface area contributed by atoms with Crippen LogP contribution in [-0.2, 0) is 9.59 Å². The Morgan fingerprint density at radius 2 is 1.79 bits per heavy atom. The number of rotatable bonds is 4. The molecule has 4 unspecified atom stereocenters. The van der Waals surface area contributed by atoms with E-state index in [0.29, 0.717) is 11.8 Å². The molecular weight excluding hydrogens is 298 g/mol. The Morgan fingerprint density at radius 3 is 2.54 bits per heavy atom. The van der Waals surface area contributed by atoms with Crippen molar-refractivity contribution in [3.63, 3.8) is 0 Å². The number of piperidine rings is 1. The Labute approximate surface area is 143 Å². The lowest BCUT2D eigenvalue weighted by molar-refractivity contribution is -0.137. The zero-order chi connectivity index (χ0) is 16.5. The van der Waals surface area contributed by atoms with Crippen molar-refractivity contribution in [1.82, 2.24) is 5.32 Å². The van der Waals surface area contributed by atoms with Gasteiger partial charge in [-0.2, -0.15) is 0 Å². The smallest absolute Gasteiger partial charge is 0.231 e. The van der Waals surface area contributed by atoms with Gasteiger partial charge in [0.15, 0.2) is 5.78 Å². The van der Waals surface area contributed by atoms with E-state index in [1.54, 1.807) is 6.08 Å².